The number of rotatable bonds is 7. The molecule has 4 nitrogen and oxygen atoms in total. The molecule has 1 aromatic rings. The van der Waals surface area contributed by atoms with Crippen LogP contribution in [0.3, 0.4) is 0 Å². The first-order chi connectivity index (χ1) is 11.2. The Kier molecular flexibility index (Phi) is 5.57. The minimum absolute atomic E-state index is 0.0466. The first-order valence-electron chi connectivity index (χ1n) is 8.49. The summed E-state index contributed by atoms with van der Waals surface area (Å²) in [4.78, 5) is 12.1. The molecule has 2 fully saturated rings. The van der Waals surface area contributed by atoms with Crippen molar-refractivity contribution in [3.05, 3.63) is 34.9 Å². The van der Waals surface area contributed by atoms with Crippen LogP contribution in [-0.2, 0) is 14.9 Å². The molecular formula is C18H25ClN2O2. The number of nitrogens with one attached hydrogen (secondary N) is 2. The van der Waals surface area contributed by atoms with Crippen molar-refractivity contribution in [3.8, 4) is 0 Å². The first kappa shape index (κ1) is 16.7. The highest BCUT2D eigenvalue weighted by Gasteiger charge is 2.34. The third kappa shape index (κ3) is 4.69. The van der Waals surface area contributed by atoms with Crippen molar-refractivity contribution < 1.29 is 9.53 Å². The van der Waals surface area contributed by atoms with E-state index in [1.165, 1.54) is 18.4 Å². The van der Waals surface area contributed by atoms with Crippen LogP contribution in [0.25, 0.3) is 0 Å². The van der Waals surface area contributed by atoms with Crippen LogP contribution in [0.1, 0.15) is 31.2 Å². The molecule has 0 bridgehead atoms. The zero-order chi connectivity index (χ0) is 16.1. The molecule has 3 rings (SSSR count). The van der Waals surface area contributed by atoms with Crippen LogP contribution in [0, 0.1) is 5.92 Å². The molecule has 1 amide bonds. The van der Waals surface area contributed by atoms with Crippen LogP contribution in [0.5, 0.6) is 0 Å². The fourth-order valence-corrected chi connectivity index (χ4v) is 3.30. The highest BCUT2D eigenvalue weighted by Crippen LogP contribution is 2.34. The van der Waals surface area contributed by atoms with Crippen molar-refractivity contribution in [2.45, 2.75) is 31.1 Å². The first-order valence-corrected chi connectivity index (χ1v) is 8.87. The van der Waals surface area contributed by atoms with E-state index in [-0.39, 0.29) is 11.3 Å². The summed E-state index contributed by atoms with van der Waals surface area (Å²) in [6.45, 7) is 3.49. The number of amides is 1. The Balaban J connectivity index is 1.57. The molecule has 1 aliphatic carbocycles. The Morgan fingerprint density at radius 1 is 1.22 bits per heavy atom. The normalized spacial score (nSPS) is 20.2. The van der Waals surface area contributed by atoms with E-state index in [1.807, 2.05) is 12.1 Å². The summed E-state index contributed by atoms with van der Waals surface area (Å²) in [6.07, 6.45) is 4.44. The van der Waals surface area contributed by atoms with Crippen molar-refractivity contribution in [1.29, 1.82) is 0 Å². The number of carbonyl (C=O) groups is 1. The molecule has 1 aliphatic heterocycles. The maximum Gasteiger partial charge on any atom is 0.233 e. The van der Waals surface area contributed by atoms with Crippen molar-refractivity contribution in [2.24, 2.45) is 5.92 Å². The van der Waals surface area contributed by atoms with Gasteiger partial charge in [0.25, 0.3) is 0 Å². The predicted molar refractivity (Wildman–Crippen MR) is 91.8 cm³/mol. The largest absolute Gasteiger partial charge is 0.381 e. The van der Waals surface area contributed by atoms with Crippen molar-refractivity contribution in [3.63, 3.8) is 0 Å². The van der Waals surface area contributed by atoms with Crippen molar-refractivity contribution >= 4 is 17.5 Å². The second-order valence-corrected chi connectivity index (χ2v) is 7.19. The molecule has 1 saturated heterocycles. The summed E-state index contributed by atoms with van der Waals surface area (Å²) >= 11 is 6.01. The summed E-state index contributed by atoms with van der Waals surface area (Å²) < 4.78 is 5.52. The van der Waals surface area contributed by atoms with Gasteiger partial charge in [-0.15, -0.1) is 0 Å². The van der Waals surface area contributed by atoms with Crippen LogP contribution in [-0.4, -0.2) is 38.8 Å². The Morgan fingerprint density at radius 3 is 2.57 bits per heavy atom. The lowest BCUT2D eigenvalue weighted by atomic mass is 9.74. The topological polar surface area (TPSA) is 50.4 Å². The molecule has 126 valence electrons. The van der Waals surface area contributed by atoms with E-state index >= 15 is 0 Å². The monoisotopic (exact) mass is 336 g/mol. The molecule has 0 unspecified atom stereocenters. The standard InChI is InChI=1S/C18H25ClN2O2/c19-16-5-3-15(4-6-16)18(7-9-23-10-8-18)13-21-17(22)12-20-11-14-1-2-14/h3-6,14,20H,1-2,7-13H2,(H,21,22). The van der Waals surface area contributed by atoms with Gasteiger partial charge in [-0.25, -0.2) is 0 Å². The predicted octanol–water partition coefficient (Wildman–Crippen LogP) is 2.50. The van der Waals surface area contributed by atoms with Gasteiger partial charge in [0, 0.05) is 30.2 Å². The van der Waals surface area contributed by atoms with E-state index in [0.29, 0.717) is 13.1 Å². The molecule has 1 aromatic carbocycles. The SMILES string of the molecule is O=C(CNCC1CC1)NCC1(c2ccc(Cl)cc2)CCOCC1. The van der Waals surface area contributed by atoms with Gasteiger partial charge in [-0.3, -0.25) is 4.79 Å². The Bertz CT molecular complexity index is 522. The van der Waals surface area contributed by atoms with Gasteiger partial charge in [0.15, 0.2) is 0 Å². The Morgan fingerprint density at radius 2 is 1.91 bits per heavy atom. The van der Waals surface area contributed by atoms with E-state index in [2.05, 4.69) is 22.8 Å². The number of hydrogen-bond donors (Lipinski definition) is 2. The number of halogens is 1. The fourth-order valence-electron chi connectivity index (χ4n) is 3.18. The molecule has 5 heteroatoms. The molecule has 1 heterocycles. The summed E-state index contributed by atoms with van der Waals surface area (Å²) in [5.41, 5.74) is 1.19. The van der Waals surface area contributed by atoms with E-state index in [4.69, 9.17) is 16.3 Å². The molecule has 0 spiro atoms. The number of hydrogen-bond acceptors (Lipinski definition) is 3. The van der Waals surface area contributed by atoms with Crippen LogP contribution in [0.4, 0.5) is 0 Å². The summed E-state index contributed by atoms with van der Waals surface area (Å²) in [6, 6.07) is 8.00. The number of ether oxygens (including phenoxy) is 1. The average Bonchev–Trinajstić information content (AvgIpc) is 3.39. The molecule has 2 N–H and O–H groups in total. The van der Waals surface area contributed by atoms with Crippen LogP contribution >= 0.6 is 11.6 Å². The second-order valence-electron chi connectivity index (χ2n) is 6.75. The smallest absolute Gasteiger partial charge is 0.233 e. The minimum Gasteiger partial charge on any atom is -0.381 e. The lowest BCUT2D eigenvalue weighted by Crippen LogP contribution is -2.46. The van der Waals surface area contributed by atoms with Gasteiger partial charge in [-0.05, 0) is 55.8 Å². The van der Waals surface area contributed by atoms with E-state index < -0.39 is 0 Å². The zero-order valence-electron chi connectivity index (χ0n) is 13.4. The van der Waals surface area contributed by atoms with Gasteiger partial charge in [0.2, 0.25) is 5.91 Å². The van der Waals surface area contributed by atoms with Gasteiger partial charge in [-0.2, -0.15) is 0 Å². The van der Waals surface area contributed by atoms with Gasteiger partial charge in [-0.1, -0.05) is 23.7 Å². The second kappa shape index (κ2) is 7.65. The molecular weight excluding hydrogens is 312 g/mol. The zero-order valence-corrected chi connectivity index (χ0v) is 14.2. The molecule has 0 atom stereocenters. The molecule has 1 saturated carbocycles. The lowest BCUT2D eigenvalue weighted by molar-refractivity contribution is -0.120. The number of carbonyl (C=O) groups excluding carboxylic acids is 1. The summed E-state index contributed by atoms with van der Waals surface area (Å²) in [5.74, 6) is 0.865. The van der Waals surface area contributed by atoms with Gasteiger partial charge in [0.1, 0.15) is 0 Å². The summed E-state index contributed by atoms with van der Waals surface area (Å²) in [7, 11) is 0. The Hall–Kier alpha value is -1.10. The Labute approximate surface area is 142 Å². The molecule has 2 aliphatic rings. The summed E-state index contributed by atoms with van der Waals surface area (Å²) in [5, 5.41) is 7.09. The molecule has 23 heavy (non-hydrogen) atoms. The minimum atomic E-state index is -0.0466. The average molecular weight is 337 g/mol. The van der Waals surface area contributed by atoms with Gasteiger partial charge >= 0.3 is 0 Å². The molecule has 0 radical (unpaired) electrons. The van der Waals surface area contributed by atoms with Crippen molar-refractivity contribution in [2.75, 3.05) is 32.8 Å². The number of benzene rings is 1. The van der Waals surface area contributed by atoms with Gasteiger partial charge in [0.05, 0.1) is 6.54 Å². The van der Waals surface area contributed by atoms with Crippen LogP contribution < -0.4 is 10.6 Å². The van der Waals surface area contributed by atoms with Crippen LogP contribution in [0.2, 0.25) is 5.02 Å². The highest BCUT2D eigenvalue weighted by molar-refractivity contribution is 6.30. The fraction of sp³-hybridized carbons (Fsp3) is 0.611. The van der Waals surface area contributed by atoms with Crippen molar-refractivity contribution in [1.82, 2.24) is 10.6 Å². The quantitative estimate of drug-likeness (QED) is 0.804. The third-order valence-corrected chi connectivity index (χ3v) is 5.20. The maximum atomic E-state index is 12.1. The molecule has 0 aromatic heterocycles. The maximum absolute atomic E-state index is 12.1. The van der Waals surface area contributed by atoms with E-state index in [0.717, 1.165) is 43.5 Å². The third-order valence-electron chi connectivity index (χ3n) is 4.95. The lowest BCUT2D eigenvalue weighted by Gasteiger charge is -2.38. The highest BCUT2D eigenvalue weighted by atomic mass is 35.5. The van der Waals surface area contributed by atoms with E-state index in [9.17, 15) is 4.79 Å². The van der Waals surface area contributed by atoms with Gasteiger partial charge < -0.3 is 15.4 Å². The van der Waals surface area contributed by atoms with Crippen LogP contribution in [0.15, 0.2) is 24.3 Å². The van der Waals surface area contributed by atoms with E-state index in [1.54, 1.807) is 0 Å².